The lowest BCUT2D eigenvalue weighted by molar-refractivity contribution is -0.161. The summed E-state index contributed by atoms with van der Waals surface area (Å²) in [5, 5.41) is 18.8. The number of furan rings is 2. The molecule has 0 saturated heterocycles. The first-order valence-electron chi connectivity index (χ1n) is 6.13. The van der Waals surface area contributed by atoms with E-state index >= 15 is 0 Å². The summed E-state index contributed by atoms with van der Waals surface area (Å²) in [7, 11) is 0. The molecule has 2 heterocycles. The van der Waals surface area contributed by atoms with Crippen LogP contribution in [0.1, 0.15) is 23.4 Å². The molecule has 0 radical (unpaired) electrons. The maximum Gasteiger partial charge on any atom is 0.308 e. The van der Waals surface area contributed by atoms with Crippen LogP contribution in [0.15, 0.2) is 45.6 Å². The molecule has 1 fully saturated rings. The molecule has 1 aliphatic carbocycles. The van der Waals surface area contributed by atoms with E-state index in [0.29, 0.717) is 11.5 Å². The van der Waals surface area contributed by atoms with Gasteiger partial charge in [-0.15, -0.1) is 0 Å². The SMILES string of the molecule is O=C(O)[C@H]1[C@H](c2ccco2)[C@H](C(=O)O)[C@H]1c1ccco1. The largest absolute Gasteiger partial charge is 0.481 e. The Labute approximate surface area is 113 Å². The molecule has 0 bridgehead atoms. The lowest BCUT2D eigenvalue weighted by atomic mass is 9.55. The van der Waals surface area contributed by atoms with Crippen molar-refractivity contribution in [3.63, 3.8) is 0 Å². The Balaban J connectivity index is 2.02. The minimum Gasteiger partial charge on any atom is -0.481 e. The molecule has 2 aromatic rings. The normalized spacial score (nSPS) is 28.8. The van der Waals surface area contributed by atoms with E-state index in [-0.39, 0.29) is 0 Å². The van der Waals surface area contributed by atoms with Gasteiger partial charge in [-0.3, -0.25) is 9.59 Å². The van der Waals surface area contributed by atoms with Crippen molar-refractivity contribution in [1.82, 2.24) is 0 Å². The highest BCUT2D eigenvalue weighted by Crippen LogP contribution is 2.57. The zero-order valence-electron chi connectivity index (χ0n) is 10.3. The molecule has 2 aromatic heterocycles. The van der Waals surface area contributed by atoms with Crippen molar-refractivity contribution in [3.8, 4) is 0 Å². The lowest BCUT2D eigenvalue weighted by Gasteiger charge is -2.45. The summed E-state index contributed by atoms with van der Waals surface area (Å²) in [6, 6.07) is 6.45. The third kappa shape index (κ3) is 1.72. The minimum atomic E-state index is -1.05. The number of hydrogen-bond donors (Lipinski definition) is 2. The van der Waals surface area contributed by atoms with Crippen molar-refractivity contribution in [2.24, 2.45) is 11.8 Å². The smallest absolute Gasteiger partial charge is 0.308 e. The Kier molecular flexibility index (Phi) is 2.85. The first kappa shape index (κ1) is 12.5. The van der Waals surface area contributed by atoms with Gasteiger partial charge in [0.05, 0.1) is 24.4 Å². The molecule has 20 heavy (non-hydrogen) atoms. The molecule has 0 atom stereocenters. The lowest BCUT2D eigenvalue weighted by Crippen LogP contribution is -2.50. The van der Waals surface area contributed by atoms with Gasteiger partial charge in [-0.2, -0.15) is 0 Å². The molecule has 3 rings (SSSR count). The molecule has 6 heteroatoms. The Morgan fingerprint density at radius 2 is 1.25 bits per heavy atom. The van der Waals surface area contributed by atoms with Gasteiger partial charge in [0.25, 0.3) is 0 Å². The molecule has 0 amide bonds. The van der Waals surface area contributed by atoms with E-state index < -0.39 is 35.6 Å². The van der Waals surface area contributed by atoms with Gasteiger partial charge in [-0.25, -0.2) is 0 Å². The Morgan fingerprint density at radius 3 is 1.50 bits per heavy atom. The average molecular weight is 276 g/mol. The maximum atomic E-state index is 11.5. The molecule has 1 aliphatic rings. The number of carboxylic acids is 2. The fourth-order valence-electron chi connectivity index (χ4n) is 3.03. The highest BCUT2D eigenvalue weighted by atomic mass is 16.4. The predicted octanol–water partition coefficient (Wildman–Crippen LogP) is 2.16. The zero-order chi connectivity index (χ0) is 14.3. The van der Waals surface area contributed by atoms with Gasteiger partial charge in [0.15, 0.2) is 0 Å². The van der Waals surface area contributed by atoms with Crippen LogP contribution in [0.5, 0.6) is 0 Å². The molecule has 2 N–H and O–H groups in total. The molecule has 1 saturated carbocycles. The second kappa shape index (κ2) is 4.56. The first-order valence-corrected chi connectivity index (χ1v) is 6.13. The van der Waals surface area contributed by atoms with Gasteiger partial charge in [-0.05, 0) is 24.3 Å². The van der Waals surface area contributed by atoms with Crippen LogP contribution in [0.2, 0.25) is 0 Å². The molecule has 0 aliphatic heterocycles. The Morgan fingerprint density at radius 1 is 0.850 bits per heavy atom. The fourth-order valence-corrected chi connectivity index (χ4v) is 3.03. The van der Waals surface area contributed by atoms with Crippen molar-refractivity contribution < 1.29 is 28.6 Å². The Hall–Kier alpha value is -2.50. The van der Waals surface area contributed by atoms with Gasteiger partial charge in [0, 0.05) is 11.8 Å². The van der Waals surface area contributed by atoms with Gasteiger partial charge >= 0.3 is 11.9 Å². The fraction of sp³-hybridized carbons (Fsp3) is 0.286. The van der Waals surface area contributed by atoms with Crippen LogP contribution in [-0.4, -0.2) is 22.2 Å². The van der Waals surface area contributed by atoms with Crippen molar-refractivity contribution in [3.05, 3.63) is 48.3 Å². The van der Waals surface area contributed by atoms with Crippen LogP contribution in [-0.2, 0) is 9.59 Å². The monoisotopic (exact) mass is 276 g/mol. The van der Waals surface area contributed by atoms with E-state index in [0.717, 1.165) is 0 Å². The summed E-state index contributed by atoms with van der Waals surface area (Å²) >= 11 is 0. The quantitative estimate of drug-likeness (QED) is 0.887. The van der Waals surface area contributed by atoms with E-state index in [1.165, 1.54) is 12.5 Å². The van der Waals surface area contributed by atoms with Crippen LogP contribution < -0.4 is 0 Å². The van der Waals surface area contributed by atoms with Crippen LogP contribution in [0.3, 0.4) is 0 Å². The van der Waals surface area contributed by atoms with Gasteiger partial charge in [-0.1, -0.05) is 0 Å². The summed E-state index contributed by atoms with van der Waals surface area (Å²) in [6.07, 6.45) is 2.82. The van der Waals surface area contributed by atoms with Crippen molar-refractivity contribution in [2.75, 3.05) is 0 Å². The van der Waals surface area contributed by atoms with Crippen molar-refractivity contribution in [2.45, 2.75) is 11.8 Å². The number of hydrogen-bond acceptors (Lipinski definition) is 4. The van der Waals surface area contributed by atoms with E-state index in [1.54, 1.807) is 24.3 Å². The van der Waals surface area contributed by atoms with Crippen LogP contribution in [0.25, 0.3) is 0 Å². The van der Waals surface area contributed by atoms with Crippen LogP contribution >= 0.6 is 0 Å². The summed E-state index contributed by atoms with van der Waals surface area (Å²) in [6.45, 7) is 0. The molecular formula is C14H12O6. The molecule has 6 nitrogen and oxygen atoms in total. The topological polar surface area (TPSA) is 101 Å². The number of rotatable bonds is 4. The van der Waals surface area contributed by atoms with E-state index in [4.69, 9.17) is 8.83 Å². The second-order valence-electron chi connectivity index (χ2n) is 4.81. The van der Waals surface area contributed by atoms with Gasteiger partial charge < -0.3 is 19.0 Å². The van der Waals surface area contributed by atoms with E-state index in [9.17, 15) is 19.8 Å². The average Bonchev–Trinajstić information content (AvgIpc) is 2.98. The Bertz CT molecular complexity index is 548. The summed E-state index contributed by atoms with van der Waals surface area (Å²) in [5.74, 6) is -4.44. The van der Waals surface area contributed by atoms with Crippen LogP contribution in [0, 0.1) is 11.8 Å². The minimum absolute atomic E-state index is 0.382. The highest BCUT2D eigenvalue weighted by molar-refractivity contribution is 5.83. The maximum absolute atomic E-state index is 11.5. The molecule has 0 spiro atoms. The summed E-state index contributed by atoms with van der Waals surface area (Å²) < 4.78 is 10.4. The second-order valence-corrected chi connectivity index (χ2v) is 4.81. The number of carbonyl (C=O) groups is 2. The van der Waals surface area contributed by atoms with Gasteiger partial charge in [0.1, 0.15) is 11.5 Å². The van der Waals surface area contributed by atoms with Crippen LogP contribution in [0.4, 0.5) is 0 Å². The third-order valence-electron chi connectivity index (χ3n) is 3.86. The highest BCUT2D eigenvalue weighted by Gasteiger charge is 2.61. The summed E-state index contributed by atoms with van der Waals surface area (Å²) in [4.78, 5) is 23.0. The van der Waals surface area contributed by atoms with Gasteiger partial charge in [0.2, 0.25) is 0 Å². The molecular weight excluding hydrogens is 264 g/mol. The molecule has 0 aromatic carbocycles. The predicted molar refractivity (Wildman–Crippen MR) is 65.1 cm³/mol. The zero-order valence-corrected chi connectivity index (χ0v) is 10.3. The summed E-state index contributed by atoms with van der Waals surface area (Å²) in [5.41, 5.74) is 0. The van der Waals surface area contributed by atoms with E-state index in [2.05, 4.69) is 0 Å². The number of aliphatic carboxylic acids is 2. The molecule has 0 unspecified atom stereocenters. The molecule has 104 valence electrons. The standard InChI is InChI=1S/C14H12O6/c15-13(16)11-9(7-3-1-5-19-7)12(14(17)18)10(11)8-4-2-6-20-8/h1-6,9-12H,(H,15,16)(H,17,18)/t9-,10-,11-,12-. The van der Waals surface area contributed by atoms with E-state index in [1.807, 2.05) is 0 Å². The van der Waals surface area contributed by atoms with Crippen molar-refractivity contribution >= 4 is 11.9 Å². The number of carboxylic acid groups (broad SMARTS) is 2. The van der Waals surface area contributed by atoms with Crippen molar-refractivity contribution in [1.29, 1.82) is 0 Å². The third-order valence-corrected chi connectivity index (χ3v) is 3.86. The first-order chi connectivity index (χ1) is 9.61.